The summed E-state index contributed by atoms with van der Waals surface area (Å²) in [4.78, 5) is 0. The fourth-order valence-corrected chi connectivity index (χ4v) is 2.37. The van der Waals surface area contributed by atoms with Crippen LogP contribution in [0.25, 0.3) is 0 Å². The molecule has 0 amide bonds. The van der Waals surface area contributed by atoms with Gasteiger partial charge in [0, 0.05) is 24.5 Å². The van der Waals surface area contributed by atoms with E-state index in [4.69, 9.17) is 5.73 Å². The third kappa shape index (κ3) is 2.06. The molecule has 0 bridgehead atoms. The second kappa shape index (κ2) is 3.95. The predicted molar refractivity (Wildman–Crippen MR) is 64.0 cm³/mol. The molecule has 1 aromatic rings. The molecular weight excluding hydrogens is 184 g/mol. The van der Waals surface area contributed by atoms with Crippen molar-refractivity contribution in [2.75, 3.05) is 13.1 Å². The molecule has 1 aromatic carbocycles. The van der Waals surface area contributed by atoms with Gasteiger partial charge in [0.1, 0.15) is 0 Å². The Kier molecular flexibility index (Phi) is 2.81. The van der Waals surface area contributed by atoms with Crippen LogP contribution in [0, 0.1) is 0 Å². The van der Waals surface area contributed by atoms with Crippen molar-refractivity contribution < 1.29 is 0 Å². The third-order valence-electron chi connectivity index (χ3n) is 3.41. The van der Waals surface area contributed by atoms with E-state index in [1.54, 1.807) is 0 Å². The van der Waals surface area contributed by atoms with Gasteiger partial charge in [-0.05, 0) is 24.5 Å². The predicted octanol–water partition coefficient (Wildman–Crippen LogP) is 1.65. The molecule has 1 saturated heterocycles. The van der Waals surface area contributed by atoms with Gasteiger partial charge in [0.05, 0.1) is 0 Å². The molecule has 82 valence electrons. The molecule has 2 atom stereocenters. The number of hydrogen-bond acceptors (Lipinski definition) is 2. The molecule has 2 unspecified atom stereocenters. The highest BCUT2D eigenvalue weighted by atomic mass is 15.0. The Labute approximate surface area is 91.9 Å². The Morgan fingerprint density at radius 3 is 2.93 bits per heavy atom. The van der Waals surface area contributed by atoms with Crippen LogP contribution in [0.4, 0.5) is 0 Å². The van der Waals surface area contributed by atoms with Gasteiger partial charge < -0.3 is 11.1 Å². The Hall–Kier alpha value is -0.860. The largest absolute Gasteiger partial charge is 0.324 e. The first-order valence-electron chi connectivity index (χ1n) is 5.72. The van der Waals surface area contributed by atoms with E-state index in [-0.39, 0.29) is 5.54 Å². The van der Waals surface area contributed by atoms with Crippen LogP contribution in [-0.4, -0.2) is 18.6 Å². The van der Waals surface area contributed by atoms with Crippen molar-refractivity contribution >= 4 is 0 Å². The Bertz CT molecular complexity index is 344. The minimum atomic E-state index is -0.105. The monoisotopic (exact) mass is 204 g/mol. The number of nitrogens with one attached hydrogen (secondary N) is 1. The number of aryl methyl sites for hydroxylation is 1. The van der Waals surface area contributed by atoms with Crippen molar-refractivity contribution in [3.8, 4) is 0 Å². The second-order valence-corrected chi connectivity index (χ2v) is 4.79. The second-order valence-electron chi connectivity index (χ2n) is 4.79. The molecule has 1 fully saturated rings. The number of benzene rings is 1. The molecule has 0 aliphatic carbocycles. The molecule has 1 heterocycles. The van der Waals surface area contributed by atoms with E-state index in [9.17, 15) is 0 Å². The molecule has 0 saturated carbocycles. The zero-order valence-corrected chi connectivity index (χ0v) is 9.59. The van der Waals surface area contributed by atoms with E-state index in [2.05, 4.69) is 43.4 Å². The Morgan fingerprint density at radius 1 is 1.53 bits per heavy atom. The van der Waals surface area contributed by atoms with Gasteiger partial charge in [0.25, 0.3) is 0 Å². The van der Waals surface area contributed by atoms with Crippen LogP contribution >= 0.6 is 0 Å². The first kappa shape index (κ1) is 10.7. The van der Waals surface area contributed by atoms with Crippen molar-refractivity contribution in [1.82, 2.24) is 5.32 Å². The van der Waals surface area contributed by atoms with Crippen LogP contribution in [-0.2, 0) is 6.42 Å². The smallest absolute Gasteiger partial charge is 0.0333 e. The summed E-state index contributed by atoms with van der Waals surface area (Å²) in [5.74, 6) is 0.448. The zero-order valence-electron chi connectivity index (χ0n) is 9.59. The summed E-state index contributed by atoms with van der Waals surface area (Å²) in [5, 5.41) is 3.37. The summed E-state index contributed by atoms with van der Waals surface area (Å²) in [7, 11) is 0. The summed E-state index contributed by atoms with van der Waals surface area (Å²) in [6.07, 6.45) is 1.09. The molecule has 0 aromatic heterocycles. The van der Waals surface area contributed by atoms with Gasteiger partial charge in [0.2, 0.25) is 0 Å². The van der Waals surface area contributed by atoms with E-state index in [0.717, 1.165) is 19.5 Å². The van der Waals surface area contributed by atoms with Crippen LogP contribution in [0.15, 0.2) is 24.3 Å². The molecule has 2 rings (SSSR count). The van der Waals surface area contributed by atoms with Crippen molar-refractivity contribution in [2.24, 2.45) is 5.73 Å². The van der Waals surface area contributed by atoms with Gasteiger partial charge in [-0.25, -0.2) is 0 Å². The fourth-order valence-electron chi connectivity index (χ4n) is 2.37. The first-order chi connectivity index (χ1) is 7.13. The Balaban J connectivity index is 2.29. The lowest BCUT2D eigenvalue weighted by atomic mass is 9.84. The van der Waals surface area contributed by atoms with Crippen LogP contribution in [0.5, 0.6) is 0 Å². The molecule has 0 spiro atoms. The summed E-state index contributed by atoms with van der Waals surface area (Å²) in [6, 6.07) is 8.81. The molecular formula is C13H20N2. The van der Waals surface area contributed by atoms with Gasteiger partial charge in [-0.3, -0.25) is 0 Å². The molecule has 3 N–H and O–H groups in total. The van der Waals surface area contributed by atoms with Gasteiger partial charge in [-0.15, -0.1) is 0 Å². The van der Waals surface area contributed by atoms with Crippen molar-refractivity contribution in [3.05, 3.63) is 35.4 Å². The van der Waals surface area contributed by atoms with E-state index in [1.807, 2.05) is 0 Å². The number of nitrogens with two attached hydrogens (primary N) is 1. The zero-order chi connectivity index (χ0) is 10.9. The van der Waals surface area contributed by atoms with Gasteiger partial charge >= 0.3 is 0 Å². The third-order valence-corrected chi connectivity index (χ3v) is 3.41. The normalized spacial score (nSPS) is 30.7. The number of hydrogen-bond donors (Lipinski definition) is 2. The van der Waals surface area contributed by atoms with Gasteiger partial charge in [-0.1, -0.05) is 31.2 Å². The molecule has 1 aliphatic heterocycles. The van der Waals surface area contributed by atoms with Crippen LogP contribution in [0.2, 0.25) is 0 Å². The lowest BCUT2D eigenvalue weighted by Gasteiger charge is -2.26. The lowest BCUT2D eigenvalue weighted by molar-refractivity contribution is 0.462. The average Bonchev–Trinajstić information content (AvgIpc) is 2.58. The quantitative estimate of drug-likeness (QED) is 0.769. The minimum absolute atomic E-state index is 0.105. The van der Waals surface area contributed by atoms with E-state index in [1.165, 1.54) is 11.1 Å². The topological polar surface area (TPSA) is 38.0 Å². The highest BCUT2D eigenvalue weighted by Gasteiger charge is 2.35. The molecule has 15 heavy (non-hydrogen) atoms. The van der Waals surface area contributed by atoms with E-state index < -0.39 is 0 Å². The summed E-state index contributed by atoms with van der Waals surface area (Å²) in [6.45, 7) is 6.23. The molecule has 0 radical (unpaired) electrons. The van der Waals surface area contributed by atoms with Crippen molar-refractivity contribution in [1.29, 1.82) is 0 Å². The lowest BCUT2D eigenvalue weighted by Crippen LogP contribution is -2.42. The highest BCUT2D eigenvalue weighted by molar-refractivity contribution is 5.30. The van der Waals surface area contributed by atoms with Crippen LogP contribution in [0.1, 0.15) is 30.9 Å². The van der Waals surface area contributed by atoms with E-state index in [0.29, 0.717) is 5.92 Å². The minimum Gasteiger partial charge on any atom is -0.324 e. The molecule has 1 aliphatic rings. The summed E-state index contributed by atoms with van der Waals surface area (Å²) in [5.41, 5.74) is 8.96. The van der Waals surface area contributed by atoms with E-state index >= 15 is 0 Å². The maximum Gasteiger partial charge on any atom is 0.0333 e. The Morgan fingerprint density at radius 2 is 2.33 bits per heavy atom. The van der Waals surface area contributed by atoms with Crippen LogP contribution in [0.3, 0.4) is 0 Å². The summed E-state index contributed by atoms with van der Waals surface area (Å²) >= 11 is 0. The standard InChI is InChI=1S/C13H20N2/c1-3-10-5-4-6-11(7-10)12-8-15-9-13(12,2)14/h4-7,12,15H,3,8-9,14H2,1-2H3. The van der Waals surface area contributed by atoms with Crippen molar-refractivity contribution in [3.63, 3.8) is 0 Å². The average molecular weight is 204 g/mol. The summed E-state index contributed by atoms with van der Waals surface area (Å²) < 4.78 is 0. The SMILES string of the molecule is CCc1cccc(C2CNCC2(C)N)c1. The van der Waals surface area contributed by atoms with Crippen molar-refractivity contribution in [2.45, 2.75) is 31.7 Å². The van der Waals surface area contributed by atoms with Gasteiger partial charge in [0.15, 0.2) is 0 Å². The van der Waals surface area contributed by atoms with Gasteiger partial charge in [-0.2, -0.15) is 0 Å². The number of rotatable bonds is 2. The first-order valence-corrected chi connectivity index (χ1v) is 5.72. The molecule has 2 heteroatoms. The van der Waals surface area contributed by atoms with Crippen LogP contribution < -0.4 is 11.1 Å². The fraction of sp³-hybridized carbons (Fsp3) is 0.538. The highest BCUT2D eigenvalue weighted by Crippen LogP contribution is 2.29. The maximum atomic E-state index is 6.28. The molecule has 2 nitrogen and oxygen atoms in total. The maximum absolute atomic E-state index is 6.28.